The molecule has 0 spiro atoms. The standard InChI is InChI=1S/C18H24FN3O2S/c1-13-18(11-20-25(23,24)12-15-5-3-4-6-15)14(2)22(21-13)17-9-7-16(19)8-10-17/h7-10,15,20H,3-6,11-12H2,1-2H3. The Balaban J connectivity index is 1.73. The van der Waals surface area contributed by atoms with E-state index in [9.17, 15) is 12.8 Å². The van der Waals surface area contributed by atoms with Gasteiger partial charge in [-0.3, -0.25) is 0 Å². The second-order valence-electron chi connectivity index (χ2n) is 6.79. The molecule has 0 saturated heterocycles. The van der Waals surface area contributed by atoms with Crippen molar-refractivity contribution in [1.82, 2.24) is 14.5 Å². The molecule has 3 rings (SSSR count). The molecular formula is C18H24FN3O2S. The number of nitrogens with one attached hydrogen (secondary N) is 1. The second kappa shape index (κ2) is 7.25. The van der Waals surface area contributed by atoms with Crippen molar-refractivity contribution >= 4 is 10.0 Å². The lowest BCUT2D eigenvalue weighted by Crippen LogP contribution is -2.29. The van der Waals surface area contributed by atoms with E-state index in [0.29, 0.717) is 0 Å². The van der Waals surface area contributed by atoms with Crippen molar-refractivity contribution in [2.24, 2.45) is 5.92 Å². The maximum absolute atomic E-state index is 13.1. The van der Waals surface area contributed by atoms with E-state index in [2.05, 4.69) is 9.82 Å². The predicted molar refractivity (Wildman–Crippen MR) is 95.6 cm³/mol. The first kappa shape index (κ1) is 18.1. The van der Waals surface area contributed by atoms with E-state index in [4.69, 9.17) is 0 Å². The normalized spacial score (nSPS) is 15.8. The smallest absolute Gasteiger partial charge is 0.212 e. The molecule has 1 aliphatic rings. The number of halogens is 1. The average molecular weight is 365 g/mol. The molecule has 136 valence electrons. The van der Waals surface area contributed by atoms with Crippen LogP contribution in [0, 0.1) is 25.6 Å². The van der Waals surface area contributed by atoms with Gasteiger partial charge in [-0.05, 0) is 56.9 Å². The Bertz CT molecular complexity index is 838. The predicted octanol–water partition coefficient (Wildman–Crippen LogP) is 3.24. The van der Waals surface area contributed by atoms with Gasteiger partial charge in [-0.15, -0.1) is 0 Å². The summed E-state index contributed by atoms with van der Waals surface area (Å²) in [5.41, 5.74) is 3.24. The Hall–Kier alpha value is -1.73. The first-order valence-electron chi connectivity index (χ1n) is 8.64. The number of rotatable bonds is 6. The summed E-state index contributed by atoms with van der Waals surface area (Å²) in [5, 5.41) is 4.47. The molecule has 0 atom stereocenters. The quantitative estimate of drug-likeness (QED) is 0.855. The first-order chi connectivity index (χ1) is 11.9. The van der Waals surface area contributed by atoms with Gasteiger partial charge in [-0.1, -0.05) is 12.8 Å². The Kier molecular flexibility index (Phi) is 5.24. The Morgan fingerprint density at radius 2 is 1.84 bits per heavy atom. The van der Waals surface area contributed by atoms with E-state index in [1.54, 1.807) is 16.8 Å². The highest BCUT2D eigenvalue weighted by Crippen LogP contribution is 2.26. The third kappa shape index (κ3) is 4.27. The lowest BCUT2D eigenvalue weighted by molar-refractivity contribution is 0.547. The maximum atomic E-state index is 13.1. The van der Waals surface area contributed by atoms with Crippen LogP contribution in [0.3, 0.4) is 0 Å². The zero-order chi connectivity index (χ0) is 18.0. The molecule has 1 fully saturated rings. The van der Waals surface area contributed by atoms with Gasteiger partial charge in [-0.2, -0.15) is 5.10 Å². The molecule has 1 aromatic heterocycles. The summed E-state index contributed by atoms with van der Waals surface area (Å²) in [5.74, 6) is 0.184. The molecule has 7 heteroatoms. The van der Waals surface area contributed by atoms with Gasteiger partial charge in [0.05, 0.1) is 17.1 Å². The topological polar surface area (TPSA) is 64.0 Å². The number of nitrogens with zero attached hydrogens (tertiary/aromatic N) is 2. The molecule has 1 heterocycles. The van der Waals surface area contributed by atoms with E-state index < -0.39 is 10.0 Å². The molecule has 0 radical (unpaired) electrons. The number of benzene rings is 1. The minimum atomic E-state index is -3.29. The number of aryl methyl sites for hydroxylation is 1. The van der Waals surface area contributed by atoms with Crippen molar-refractivity contribution in [1.29, 1.82) is 0 Å². The average Bonchev–Trinajstić information content (AvgIpc) is 3.14. The third-order valence-electron chi connectivity index (χ3n) is 4.91. The third-order valence-corrected chi connectivity index (χ3v) is 6.41. The molecule has 1 aromatic carbocycles. The molecular weight excluding hydrogens is 341 g/mol. The highest BCUT2D eigenvalue weighted by Gasteiger charge is 2.23. The highest BCUT2D eigenvalue weighted by molar-refractivity contribution is 7.89. The number of hydrogen-bond acceptors (Lipinski definition) is 3. The van der Waals surface area contributed by atoms with Gasteiger partial charge < -0.3 is 0 Å². The van der Waals surface area contributed by atoms with Gasteiger partial charge in [0.2, 0.25) is 10.0 Å². The maximum Gasteiger partial charge on any atom is 0.212 e. The van der Waals surface area contributed by atoms with Gasteiger partial charge in [-0.25, -0.2) is 22.2 Å². The summed E-state index contributed by atoms with van der Waals surface area (Å²) < 4.78 is 42.2. The molecule has 1 aliphatic carbocycles. The van der Waals surface area contributed by atoms with Crippen LogP contribution in [-0.2, 0) is 16.6 Å². The Morgan fingerprint density at radius 1 is 1.20 bits per heavy atom. The van der Waals surface area contributed by atoms with Crippen molar-refractivity contribution in [3.8, 4) is 5.69 Å². The van der Waals surface area contributed by atoms with Crippen LogP contribution in [-0.4, -0.2) is 24.0 Å². The molecule has 0 unspecified atom stereocenters. The van der Waals surface area contributed by atoms with Crippen LogP contribution in [0.5, 0.6) is 0 Å². The van der Waals surface area contributed by atoms with Crippen molar-refractivity contribution in [2.75, 3.05) is 5.75 Å². The van der Waals surface area contributed by atoms with E-state index in [-0.39, 0.29) is 24.0 Å². The Labute approximate surface area is 148 Å². The largest absolute Gasteiger partial charge is 0.238 e. The lowest BCUT2D eigenvalue weighted by atomic mass is 10.1. The molecule has 2 aromatic rings. The fraction of sp³-hybridized carbons (Fsp3) is 0.500. The lowest BCUT2D eigenvalue weighted by Gasteiger charge is -2.11. The fourth-order valence-electron chi connectivity index (χ4n) is 3.49. The number of aromatic nitrogens is 2. The fourth-order valence-corrected chi connectivity index (χ4v) is 4.93. The molecule has 0 amide bonds. The molecule has 25 heavy (non-hydrogen) atoms. The van der Waals surface area contributed by atoms with Gasteiger partial charge in [0.1, 0.15) is 5.82 Å². The van der Waals surface area contributed by atoms with Crippen LogP contribution in [0.1, 0.15) is 42.6 Å². The highest BCUT2D eigenvalue weighted by atomic mass is 32.2. The van der Waals surface area contributed by atoms with Crippen molar-refractivity contribution in [3.05, 3.63) is 47.0 Å². The monoisotopic (exact) mass is 365 g/mol. The van der Waals surface area contributed by atoms with Gasteiger partial charge >= 0.3 is 0 Å². The minimum absolute atomic E-state index is 0.206. The minimum Gasteiger partial charge on any atom is -0.238 e. The SMILES string of the molecule is Cc1nn(-c2ccc(F)cc2)c(C)c1CNS(=O)(=O)CC1CCCC1. The van der Waals surface area contributed by atoms with Gasteiger partial charge in [0.25, 0.3) is 0 Å². The van der Waals surface area contributed by atoms with E-state index in [1.807, 2.05) is 13.8 Å². The van der Waals surface area contributed by atoms with Crippen molar-refractivity contribution < 1.29 is 12.8 Å². The van der Waals surface area contributed by atoms with Gasteiger partial charge in [0, 0.05) is 17.8 Å². The van der Waals surface area contributed by atoms with Crippen LogP contribution < -0.4 is 4.72 Å². The Morgan fingerprint density at radius 3 is 2.48 bits per heavy atom. The van der Waals surface area contributed by atoms with Crippen molar-refractivity contribution in [3.63, 3.8) is 0 Å². The summed E-state index contributed by atoms with van der Waals surface area (Å²) in [6, 6.07) is 6.08. The van der Waals surface area contributed by atoms with Crippen molar-refractivity contribution in [2.45, 2.75) is 46.1 Å². The number of hydrogen-bond donors (Lipinski definition) is 1. The first-order valence-corrected chi connectivity index (χ1v) is 10.3. The van der Waals surface area contributed by atoms with Crippen LogP contribution in [0.4, 0.5) is 4.39 Å². The van der Waals surface area contributed by atoms with Crippen LogP contribution in [0.15, 0.2) is 24.3 Å². The van der Waals surface area contributed by atoms with E-state index in [1.165, 1.54) is 12.1 Å². The van der Waals surface area contributed by atoms with Crippen LogP contribution >= 0.6 is 0 Å². The summed E-state index contributed by atoms with van der Waals surface area (Å²) in [7, 11) is -3.29. The summed E-state index contributed by atoms with van der Waals surface area (Å²) >= 11 is 0. The second-order valence-corrected chi connectivity index (χ2v) is 8.64. The molecule has 1 N–H and O–H groups in total. The van der Waals surface area contributed by atoms with E-state index >= 15 is 0 Å². The molecule has 1 saturated carbocycles. The zero-order valence-electron chi connectivity index (χ0n) is 14.6. The van der Waals surface area contributed by atoms with E-state index in [0.717, 1.165) is 48.3 Å². The van der Waals surface area contributed by atoms with Crippen LogP contribution in [0.25, 0.3) is 5.69 Å². The summed E-state index contributed by atoms with van der Waals surface area (Å²) in [4.78, 5) is 0. The molecule has 5 nitrogen and oxygen atoms in total. The number of sulfonamides is 1. The zero-order valence-corrected chi connectivity index (χ0v) is 15.4. The molecule has 0 aliphatic heterocycles. The molecule has 0 bridgehead atoms. The van der Waals surface area contributed by atoms with Gasteiger partial charge in [0.15, 0.2) is 0 Å². The summed E-state index contributed by atoms with van der Waals surface area (Å²) in [6.07, 6.45) is 4.26. The van der Waals surface area contributed by atoms with Crippen LogP contribution in [0.2, 0.25) is 0 Å². The summed E-state index contributed by atoms with van der Waals surface area (Å²) in [6.45, 7) is 3.98.